The lowest BCUT2D eigenvalue weighted by molar-refractivity contribution is 0.627. The van der Waals surface area contributed by atoms with Crippen molar-refractivity contribution >= 4 is 11.5 Å². The molecule has 1 aliphatic heterocycles. The summed E-state index contributed by atoms with van der Waals surface area (Å²) in [7, 11) is 0. The Morgan fingerprint density at radius 3 is 3.05 bits per heavy atom. The van der Waals surface area contributed by atoms with E-state index in [2.05, 4.69) is 22.9 Å². The number of halogens is 1. The zero-order chi connectivity index (χ0) is 14.8. The van der Waals surface area contributed by atoms with Gasteiger partial charge < -0.3 is 10.6 Å². The van der Waals surface area contributed by atoms with Gasteiger partial charge in [-0.2, -0.15) is 0 Å². The lowest BCUT2D eigenvalue weighted by atomic mass is 10.1. The van der Waals surface area contributed by atoms with E-state index in [-0.39, 0.29) is 11.9 Å². The van der Waals surface area contributed by atoms with Gasteiger partial charge in [0.2, 0.25) is 0 Å². The summed E-state index contributed by atoms with van der Waals surface area (Å²) >= 11 is 0. The van der Waals surface area contributed by atoms with E-state index in [1.165, 1.54) is 11.6 Å². The molecule has 1 aromatic carbocycles. The zero-order valence-electron chi connectivity index (χ0n) is 12.2. The van der Waals surface area contributed by atoms with Gasteiger partial charge in [0.15, 0.2) is 0 Å². The van der Waals surface area contributed by atoms with Crippen LogP contribution in [0.4, 0.5) is 15.9 Å². The second-order valence-corrected chi connectivity index (χ2v) is 5.53. The first-order chi connectivity index (χ1) is 10.2. The lowest BCUT2D eigenvalue weighted by Crippen LogP contribution is -2.24. The fraction of sp³-hybridized carbons (Fsp3) is 0.353. The summed E-state index contributed by atoms with van der Waals surface area (Å²) in [6, 6.07) is 9.11. The number of hydrogen-bond donors (Lipinski definition) is 1. The highest BCUT2D eigenvalue weighted by molar-refractivity contribution is 5.69. The van der Waals surface area contributed by atoms with Crippen molar-refractivity contribution in [1.29, 1.82) is 0 Å². The number of fused-ring (bicyclic) bond motifs is 1. The maximum atomic E-state index is 13.5. The van der Waals surface area contributed by atoms with Crippen LogP contribution in [0, 0.1) is 5.82 Å². The molecule has 2 N–H and O–H groups in total. The third kappa shape index (κ3) is 2.76. The van der Waals surface area contributed by atoms with Crippen LogP contribution in [0.1, 0.15) is 24.5 Å². The molecule has 21 heavy (non-hydrogen) atoms. The van der Waals surface area contributed by atoms with E-state index < -0.39 is 0 Å². The van der Waals surface area contributed by atoms with Gasteiger partial charge in [-0.15, -0.1) is 0 Å². The van der Waals surface area contributed by atoms with Crippen LogP contribution >= 0.6 is 0 Å². The van der Waals surface area contributed by atoms with Crippen molar-refractivity contribution in [3.63, 3.8) is 0 Å². The van der Waals surface area contributed by atoms with E-state index in [4.69, 9.17) is 5.73 Å². The molecule has 1 atom stereocenters. The Bertz CT molecular complexity index is 642. The van der Waals surface area contributed by atoms with Gasteiger partial charge in [0, 0.05) is 24.5 Å². The normalized spacial score (nSPS) is 15.1. The van der Waals surface area contributed by atoms with Crippen LogP contribution < -0.4 is 10.6 Å². The summed E-state index contributed by atoms with van der Waals surface area (Å²) in [6.45, 7) is 2.92. The van der Waals surface area contributed by atoms with Crippen LogP contribution in [0.3, 0.4) is 0 Å². The first-order valence-electron chi connectivity index (χ1n) is 7.44. The van der Waals surface area contributed by atoms with Crippen LogP contribution in [0.5, 0.6) is 0 Å². The molecule has 3 nitrogen and oxygen atoms in total. The largest absolute Gasteiger partial charge is 0.327 e. The fourth-order valence-corrected chi connectivity index (χ4v) is 2.83. The van der Waals surface area contributed by atoms with E-state index in [1.807, 2.05) is 12.1 Å². The lowest BCUT2D eigenvalue weighted by Gasteiger charge is -2.22. The van der Waals surface area contributed by atoms with Crippen LogP contribution in [-0.2, 0) is 12.8 Å². The molecule has 0 bridgehead atoms. The molecule has 0 saturated carbocycles. The minimum absolute atomic E-state index is 0.127. The minimum atomic E-state index is -0.205. The Morgan fingerprint density at radius 2 is 2.24 bits per heavy atom. The molecule has 2 aromatic rings. The monoisotopic (exact) mass is 285 g/mol. The third-order valence-electron chi connectivity index (χ3n) is 4.07. The van der Waals surface area contributed by atoms with Gasteiger partial charge in [-0.1, -0.05) is 19.1 Å². The summed E-state index contributed by atoms with van der Waals surface area (Å²) in [4.78, 5) is 6.63. The maximum Gasteiger partial charge on any atom is 0.136 e. The predicted molar refractivity (Wildman–Crippen MR) is 83.3 cm³/mol. The number of aromatic nitrogens is 1. The van der Waals surface area contributed by atoms with Crippen LogP contribution in [0.25, 0.3) is 0 Å². The molecule has 2 heterocycles. The Balaban J connectivity index is 1.98. The van der Waals surface area contributed by atoms with Crippen molar-refractivity contribution in [2.24, 2.45) is 5.73 Å². The number of nitrogens with zero attached hydrogens (tertiary/aromatic N) is 2. The predicted octanol–water partition coefficient (Wildman–Crippen LogP) is 3.19. The van der Waals surface area contributed by atoms with Gasteiger partial charge >= 0.3 is 0 Å². The number of rotatable bonds is 4. The zero-order valence-corrected chi connectivity index (χ0v) is 12.2. The minimum Gasteiger partial charge on any atom is -0.327 e. The molecule has 0 fully saturated rings. The summed E-state index contributed by atoms with van der Waals surface area (Å²) in [6.07, 6.45) is 4.43. The SMILES string of the molecule is CCC(N)Cc1cccnc1N1CCc2ccc(F)cc21. The Kier molecular flexibility index (Phi) is 3.88. The van der Waals surface area contributed by atoms with Gasteiger partial charge in [0.1, 0.15) is 11.6 Å². The Morgan fingerprint density at radius 1 is 1.38 bits per heavy atom. The van der Waals surface area contributed by atoms with E-state index in [9.17, 15) is 4.39 Å². The standard InChI is InChI=1S/C17H20FN3/c1-2-15(19)10-13-4-3-8-20-17(13)21-9-7-12-5-6-14(18)11-16(12)21/h3-6,8,11,15H,2,7,9-10,19H2,1H3. The molecular weight excluding hydrogens is 265 g/mol. The molecule has 0 spiro atoms. The first-order valence-corrected chi connectivity index (χ1v) is 7.44. The van der Waals surface area contributed by atoms with Crippen molar-refractivity contribution in [2.75, 3.05) is 11.4 Å². The van der Waals surface area contributed by atoms with E-state index in [0.717, 1.165) is 42.9 Å². The number of anilines is 2. The quantitative estimate of drug-likeness (QED) is 0.938. The highest BCUT2D eigenvalue weighted by Crippen LogP contribution is 2.35. The molecule has 1 aliphatic rings. The third-order valence-corrected chi connectivity index (χ3v) is 4.07. The smallest absolute Gasteiger partial charge is 0.136 e. The number of pyridine rings is 1. The van der Waals surface area contributed by atoms with Crippen LogP contribution in [-0.4, -0.2) is 17.6 Å². The Labute approximate surface area is 124 Å². The molecule has 1 aromatic heterocycles. The van der Waals surface area contributed by atoms with Crippen molar-refractivity contribution in [3.8, 4) is 0 Å². The molecule has 0 amide bonds. The summed E-state index contributed by atoms with van der Waals surface area (Å²) in [5.74, 6) is 0.703. The van der Waals surface area contributed by atoms with Gasteiger partial charge in [-0.25, -0.2) is 9.37 Å². The summed E-state index contributed by atoms with van der Waals surface area (Å²) in [5, 5.41) is 0. The van der Waals surface area contributed by atoms with Crippen molar-refractivity contribution in [3.05, 3.63) is 53.5 Å². The Hall–Kier alpha value is -1.94. The van der Waals surface area contributed by atoms with Gasteiger partial charge in [-0.3, -0.25) is 0 Å². The average molecular weight is 285 g/mol. The highest BCUT2D eigenvalue weighted by Gasteiger charge is 2.24. The fourth-order valence-electron chi connectivity index (χ4n) is 2.83. The molecule has 4 heteroatoms. The molecule has 110 valence electrons. The van der Waals surface area contributed by atoms with E-state index in [0.29, 0.717) is 0 Å². The van der Waals surface area contributed by atoms with Crippen molar-refractivity contribution in [2.45, 2.75) is 32.2 Å². The molecule has 0 radical (unpaired) electrons. The summed E-state index contributed by atoms with van der Waals surface area (Å²) < 4.78 is 13.5. The second kappa shape index (κ2) is 5.82. The van der Waals surface area contributed by atoms with Crippen molar-refractivity contribution in [1.82, 2.24) is 4.98 Å². The molecular formula is C17H20FN3. The molecule has 0 aliphatic carbocycles. The van der Waals surface area contributed by atoms with E-state index >= 15 is 0 Å². The van der Waals surface area contributed by atoms with Crippen LogP contribution in [0.2, 0.25) is 0 Å². The van der Waals surface area contributed by atoms with E-state index in [1.54, 1.807) is 12.3 Å². The molecule has 3 rings (SSSR count). The topological polar surface area (TPSA) is 42.1 Å². The van der Waals surface area contributed by atoms with Gasteiger partial charge in [0.25, 0.3) is 0 Å². The summed E-state index contributed by atoms with van der Waals surface area (Å²) in [5.41, 5.74) is 9.32. The maximum absolute atomic E-state index is 13.5. The first kappa shape index (κ1) is 14.0. The van der Waals surface area contributed by atoms with Gasteiger partial charge in [0.05, 0.1) is 0 Å². The van der Waals surface area contributed by atoms with Crippen LogP contribution in [0.15, 0.2) is 36.5 Å². The highest BCUT2D eigenvalue weighted by atomic mass is 19.1. The number of nitrogens with two attached hydrogens (primary N) is 1. The molecule has 1 unspecified atom stereocenters. The number of benzene rings is 1. The van der Waals surface area contributed by atoms with Gasteiger partial charge in [-0.05, 0) is 48.6 Å². The second-order valence-electron chi connectivity index (χ2n) is 5.53. The average Bonchev–Trinajstić information content (AvgIpc) is 2.90. The molecule has 0 saturated heterocycles. The van der Waals surface area contributed by atoms with Crippen molar-refractivity contribution < 1.29 is 4.39 Å². The number of hydrogen-bond acceptors (Lipinski definition) is 3.